The highest BCUT2D eigenvalue weighted by atomic mass is 127. The number of hydrogen-bond acceptors (Lipinski definition) is 3. The van der Waals surface area contributed by atoms with Crippen molar-refractivity contribution in [2.24, 2.45) is 4.99 Å². The monoisotopic (exact) mass is 511 g/mol. The van der Waals surface area contributed by atoms with Crippen molar-refractivity contribution in [3.05, 3.63) is 47.8 Å². The number of aromatic nitrogens is 2. The Bertz CT molecular complexity index is 754. The lowest BCUT2D eigenvalue weighted by atomic mass is 9.93. The number of rotatable bonds is 7. The molecule has 1 fully saturated rings. The Hall–Kier alpha value is -1.61. The molecular weight excluding hydrogens is 477 g/mol. The summed E-state index contributed by atoms with van der Waals surface area (Å²) in [5.74, 6) is 0.889. The summed E-state index contributed by atoms with van der Waals surface area (Å²) in [6, 6.07) is 10.6. The Morgan fingerprint density at radius 3 is 2.62 bits per heavy atom. The summed E-state index contributed by atoms with van der Waals surface area (Å²) in [5.41, 5.74) is 3.45. The van der Waals surface area contributed by atoms with E-state index in [0.29, 0.717) is 6.04 Å². The molecule has 0 amide bonds. The highest BCUT2D eigenvalue weighted by molar-refractivity contribution is 14.0. The van der Waals surface area contributed by atoms with E-state index in [-0.39, 0.29) is 30.1 Å². The van der Waals surface area contributed by atoms with E-state index in [1.807, 2.05) is 22.9 Å². The lowest BCUT2D eigenvalue weighted by Crippen LogP contribution is -2.45. The summed E-state index contributed by atoms with van der Waals surface area (Å²) in [6.07, 6.45) is 7.72. The molecule has 3 N–H and O–H groups in total. The first-order chi connectivity index (χ1) is 13.7. The first-order valence-electron chi connectivity index (χ1n) is 10.5. The number of aliphatic hydroxyl groups excluding tert-OH is 1. The third kappa shape index (κ3) is 7.29. The number of aryl methyl sites for hydroxylation is 2. The van der Waals surface area contributed by atoms with Crippen LogP contribution >= 0.6 is 24.0 Å². The highest BCUT2D eigenvalue weighted by Crippen LogP contribution is 2.18. The van der Waals surface area contributed by atoms with Crippen LogP contribution < -0.4 is 10.6 Å². The molecule has 0 radical (unpaired) electrons. The molecule has 1 aliphatic carbocycles. The van der Waals surface area contributed by atoms with Crippen molar-refractivity contribution in [1.82, 2.24) is 20.4 Å². The number of nitrogens with zero attached hydrogens (tertiary/aromatic N) is 3. The third-order valence-electron chi connectivity index (χ3n) is 5.28. The maximum absolute atomic E-state index is 9.66. The van der Waals surface area contributed by atoms with Gasteiger partial charge < -0.3 is 15.7 Å². The predicted molar refractivity (Wildman–Crippen MR) is 129 cm³/mol. The highest BCUT2D eigenvalue weighted by Gasteiger charge is 2.19. The Morgan fingerprint density at radius 2 is 1.93 bits per heavy atom. The van der Waals surface area contributed by atoms with Crippen molar-refractivity contribution < 1.29 is 5.11 Å². The lowest BCUT2D eigenvalue weighted by molar-refractivity contribution is 0.120. The summed E-state index contributed by atoms with van der Waals surface area (Å²) in [6.45, 7) is 5.79. The number of halogens is 1. The van der Waals surface area contributed by atoms with Gasteiger partial charge in [0.2, 0.25) is 0 Å². The van der Waals surface area contributed by atoms with Crippen LogP contribution in [0.1, 0.15) is 50.3 Å². The van der Waals surface area contributed by atoms with E-state index in [2.05, 4.69) is 47.9 Å². The van der Waals surface area contributed by atoms with Crippen molar-refractivity contribution in [3.63, 3.8) is 0 Å². The maximum Gasteiger partial charge on any atom is 0.191 e. The minimum atomic E-state index is -0.127. The minimum Gasteiger partial charge on any atom is -0.393 e. The summed E-state index contributed by atoms with van der Waals surface area (Å²) in [4.78, 5) is 4.74. The van der Waals surface area contributed by atoms with Gasteiger partial charge in [-0.2, -0.15) is 5.10 Å². The average molecular weight is 511 g/mol. The molecule has 0 unspecified atom stereocenters. The number of aliphatic imine (C=N–C) groups is 1. The number of aliphatic hydroxyl groups is 1. The Balaban J connectivity index is 0.00000300. The van der Waals surface area contributed by atoms with Gasteiger partial charge >= 0.3 is 0 Å². The van der Waals surface area contributed by atoms with E-state index < -0.39 is 0 Å². The molecule has 1 aromatic carbocycles. The summed E-state index contributed by atoms with van der Waals surface area (Å²) in [7, 11) is 0. The van der Waals surface area contributed by atoms with Crippen molar-refractivity contribution in [1.29, 1.82) is 0 Å². The van der Waals surface area contributed by atoms with Crippen LogP contribution in [0.4, 0.5) is 0 Å². The molecule has 7 heteroatoms. The molecule has 1 aliphatic rings. The number of benzene rings is 1. The van der Waals surface area contributed by atoms with Gasteiger partial charge in [0.05, 0.1) is 17.5 Å². The lowest BCUT2D eigenvalue weighted by Gasteiger charge is -2.27. The molecule has 1 heterocycles. The topological polar surface area (TPSA) is 74.5 Å². The van der Waals surface area contributed by atoms with Gasteiger partial charge in [-0.3, -0.25) is 4.99 Å². The fourth-order valence-corrected chi connectivity index (χ4v) is 3.65. The van der Waals surface area contributed by atoms with E-state index in [9.17, 15) is 5.11 Å². The van der Waals surface area contributed by atoms with Crippen LogP contribution in [0.15, 0.2) is 41.5 Å². The summed E-state index contributed by atoms with van der Waals surface area (Å²) < 4.78 is 1.96. The quantitative estimate of drug-likeness (QED) is 0.230. The molecule has 1 aromatic heterocycles. The second-order valence-electron chi connectivity index (χ2n) is 7.53. The second kappa shape index (κ2) is 12.2. The molecule has 0 saturated heterocycles. The number of guanidine groups is 1. The molecular formula is C22H34IN5O. The van der Waals surface area contributed by atoms with Gasteiger partial charge in [0, 0.05) is 25.3 Å². The van der Waals surface area contributed by atoms with E-state index in [0.717, 1.165) is 69.0 Å². The van der Waals surface area contributed by atoms with Gasteiger partial charge in [-0.1, -0.05) is 18.2 Å². The molecule has 3 rings (SSSR count). The van der Waals surface area contributed by atoms with Crippen LogP contribution in [0.5, 0.6) is 0 Å². The maximum atomic E-state index is 9.66. The third-order valence-corrected chi connectivity index (χ3v) is 5.28. The van der Waals surface area contributed by atoms with Crippen LogP contribution in [-0.4, -0.2) is 46.1 Å². The Morgan fingerprint density at radius 1 is 1.21 bits per heavy atom. The van der Waals surface area contributed by atoms with Gasteiger partial charge in [-0.05, 0) is 70.1 Å². The van der Waals surface area contributed by atoms with E-state index in [1.54, 1.807) is 0 Å². The number of nitrogens with one attached hydrogen (secondary N) is 2. The standard InChI is InChI=1S/C22H33N5O.HI/c1-3-23-22(25-19-11-13-21(28)14-12-19)24-15-7-8-18-16-27(26-17(18)2)20-9-5-4-6-10-20;/h4-6,9-10,16,19,21,28H,3,7-8,11-15H2,1-2H3,(H2,23,24,25);1H. The van der Waals surface area contributed by atoms with Crippen molar-refractivity contribution in [3.8, 4) is 5.69 Å². The van der Waals surface area contributed by atoms with Crippen LogP contribution in [0.25, 0.3) is 5.69 Å². The van der Waals surface area contributed by atoms with E-state index in [1.165, 1.54) is 5.56 Å². The predicted octanol–water partition coefficient (Wildman–Crippen LogP) is 3.59. The van der Waals surface area contributed by atoms with Crippen LogP contribution in [0.2, 0.25) is 0 Å². The van der Waals surface area contributed by atoms with Gasteiger partial charge in [-0.25, -0.2) is 4.68 Å². The van der Waals surface area contributed by atoms with E-state index >= 15 is 0 Å². The van der Waals surface area contributed by atoms with Crippen molar-refractivity contribution in [2.45, 2.75) is 64.5 Å². The van der Waals surface area contributed by atoms with Gasteiger partial charge in [0.1, 0.15) is 0 Å². The molecule has 29 heavy (non-hydrogen) atoms. The molecule has 0 bridgehead atoms. The normalized spacial score (nSPS) is 19.5. The van der Waals surface area contributed by atoms with Gasteiger partial charge in [0.15, 0.2) is 5.96 Å². The zero-order valence-electron chi connectivity index (χ0n) is 17.5. The smallest absolute Gasteiger partial charge is 0.191 e. The first-order valence-corrected chi connectivity index (χ1v) is 10.5. The van der Waals surface area contributed by atoms with E-state index in [4.69, 9.17) is 4.99 Å². The fraction of sp³-hybridized carbons (Fsp3) is 0.545. The molecule has 0 atom stereocenters. The Labute approximate surface area is 191 Å². The van der Waals surface area contributed by atoms with Gasteiger partial charge in [0.25, 0.3) is 0 Å². The summed E-state index contributed by atoms with van der Waals surface area (Å²) in [5, 5.41) is 21.2. The average Bonchev–Trinajstić information content (AvgIpc) is 3.08. The molecule has 6 nitrogen and oxygen atoms in total. The molecule has 1 saturated carbocycles. The van der Waals surface area contributed by atoms with Crippen molar-refractivity contribution in [2.75, 3.05) is 13.1 Å². The van der Waals surface area contributed by atoms with Crippen LogP contribution in [0, 0.1) is 6.92 Å². The van der Waals surface area contributed by atoms with Crippen LogP contribution in [0.3, 0.4) is 0 Å². The first kappa shape index (κ1) is 23.7. The van der Waals surface area contributed by atoms with Gasteiger partial charge in [-0.15, -0.1) is 24.0 Å². The zero-order valence-corrected chi connectivity index (χ0v) is 19.8. The summed E-state index contributed by atoms with van der Waals surface area (Å²) >= 11 is 0. The minimum absolute atomic E-state index is 0. The number of para-hydroxylation sites is 1. The molecule has 0 spiro atoms. The number of hydrogen-bond donors (Lipinski definition) is 3. The Kier molecular flexibility index (Phi) is 9.93. The SMILES string of the molecule is CCNC(=NCCCc1cn(-c2ccccc2)nc1C)NC1CCC(O)CC1.I. The molecule has 2 aromatic rings. The van der Waals surface area contributed by atoms with Crippen molar-refractivity contribution >= 4 is 29.9 Å². The largest absolute Gasteiger partial charge is 0.393 e. The van der Waals surface area contributed by atoms with Crippen LogP contribution in [-0.2, 0) is 6.42 Å². The zero-order chi connectivity index (χ0) is 19.8. The molecule has 160 valence electrons. The fourth-order valence-electron chi connectivity index (χ4n) is 3.65. The second-order valence-corrected chi connectivity index (χ2v) is 7.53. The molecule has 0 aliphatic heterocycles.